The van der Waals surface area contributed by atoms with Crippen molar-refractivity contribution in [1.82, 2.24) is 15.2 Å². The molecule has 2 bridgehead atoms. The van der Waals surface area contributed by atoms with E-state index < -0.39 is 0 Å². The minimum absolute atomic E-state index is 0.0414. The number of carbonyl (C=O) groups is 1. The number of fused-ring (bicyclic) bond motifs is 3. The van der Waals surface area contributed by atoms with Gasteiger partial charge in [0.1, 0.15) is 10.8 Å². The molecular formula is C29H34N4O3S. The molecule has 0 spiro atoms. The van der Waals surface area contributed by atoms with Crippen molar-refractivity contribution in [2.75, 3.05) is 18.5 Å². The van der Waals surface area contributed by atoms with E-state index in [9.17, 15) is 4.79 Å². The topological polar surface area (TPSA) is 86.2 Å². The molecule has 194 valence electrons. The summed E-state index contributed by atoms with van der Waals surface area (Å²) in [6.07, 6.45) is 10.8. The van der Waals surface area contributed by atoms with E-state index in [1.54, 1.807) is 11.3 Å². The summed E-state index contributed by atoms with van der Waals surface area (Å²) in [6, 6.07) is 12.9. The molecule has 0 unspecified atom stereocenters. The van der Waals surface area contributed by atoms with Gasteiger partial charge < -0.3 is 14.8 Å². The Hall–Kier alpha value is -2.84. The Bertz CT molecular complexity index is 1210. The van der Waals surface area contributed by atoms with Crippen LogP contribution >= 0.6 is 11.3 Å². The molecule has 7 rings (SSSR count). The van der Waals surface area contributed by atoms with E-state index in [0.29, 0.717) is 25.6 Å². The molecule has 2 saturated heterocycles. The highest BCUT2D eigenvalue weighted by Gasteiger charge is 2.51. The van der Waals surface area contributed by atoms with Gasteiger partial charge in [-0.2, -0.15) is 0 Å². The highest BCUT2D eigenvalue weighted by atomic mass is 32.1. The summed E-state index contributed by atoms with van der Waals surface area (Å²) in [7, 11) is 0. The zero-order valence-corrected chi connectivity index (χ0v) is 22.2. The summed E-state index contributed by atoms with van der Waals surface area (Å²) in [6.45, 7) is 3.17. The first-order valence-electron chi connectivity index (χ1n) is 13.5. The molecule has 7 nitrogen and oxygen atoms in total. The minimum atomic E-state index is -0.332. The predicted octanol–water partition coefficient (Wildman–Crippen LogP) is 6.54. The average Bonchev–Trinajstić information content (AvgIpc) is 3.35. The number of pyridine rings is 1. The normalized spacial score (nSPS) is 25.0. The summed E-state index contributed by atoms with van der Waals surface area (Å²) in [5, 5.41) is 13.8. The van der Waals surface area contributed by atoms with Crippen LogP contribution < -0.4 is 5.32 Å². The first kappa shape index (κ1) is 24.5. The number of rotatable bonds is 9. The van der Waals surface area contributed by atoms with Crippen molar-refractivity contribution >= 4 is 28.3 Å². The second kappa shape index (κ2) is 10.1. The molecule has 2 aliphatic heterocycles. The van der Waals surface area contributed by atoms with Crippen molar-refractivity contribution < 1.29 is 14.3 Å². The molecule has 2 aromatic heterocycles. The Balaban J connectivity index is 1.07. The van der Waals surface area contributed by atoms with E-state index in [-0.39, 0.29) is 17.0 Å². The molecule has 4 aliphatic rings. The smallest absolute Gasteiger partial charge is 0.308 e. The second-order valence-corrected chi connectivity index (χ2v) is 11.9. The molecule has 4 heterocycles. The molecule has 1 aromatic carbocycles. The van der Waals surface area contributed by atoms with Crippen molar-refractivity contribution in [3.8, 4) is 11.1 Å². The Morgan fingerprint density at radius 2 is 1.86 bits per heavy atom. The zero-order valence-electron chi connectivity index (χ0n) is 21.4. The molecule has 2 saturated carbocycles. The predicted molar refractivity (Wildman–Crippen MR) is 144 cm³/mol. The van der Waals surface area contributed by atoms with E-state index >= 15 is 0 Å². The fraction of sp³-hybridized carbons (Fsp3) is 0.517. The van der Waals surface area contributed by atoms with Crippen molar-refractivity contribution in [2.45, 2.75) is 81.6 Å². The fourth-order valence-corrected chi connectivity index (χ4v) is 6.68. The fourth-order valence-electron chi connectivity index (χ4n) is 5.76. The number of nitrogens with one attached hydrogen (secondary N) is 1. The van der Waals surface area contributed by atoms with Gasteiger partial charge in [-0.1, -0.05) is 48.9 Å². The Morgan fingerprint density at radius 3 is 2.49 bits per heavy atom. The maximum absolute atomic E-state index is 12.2. The molecule has 8 heteroatoms. The lowest BCUT2D eigenvalue weighted by molar-refractivity contribution is -0.178. The van der Waals surface area contributed by atoms with Gasteiger partial charge in [-0.05, 0) is 68.2 Å². The average molecular weight is 519 g/mol. The third-order valence-corrected chi connectivity index (χ3v) is 9.43. The molecule has 37 heavy (non-hydrogen) atoms. The van der Waals surface area contributed by atoms with Gasteiger partial charge in [-0.15, -0.1) is 10.2 Å². The van der Waals surface area contributed by atoms with Gasteiger partial charge in [0.05, 0.1) is 25.2 Å². The third-order valence-electron chi connectivity index (χ3n) is 8.43. The standard InChI is InChI=1S/C29H34N4O3S/c1-2-16-35-25(34)17-29-14-12-28(13-15-29,19-36-29)23-9-6-20(7-10-23)22-8-11-24(30-18-22)31-27-33-32-26(37-27)21-4-3-5-21/h6-11,18,21H,2-5,12-17,19H2,1H3,(H,30,31,33). The van der Waals surface area contributed by atoms with Crippen LogP contribution in [-0.2, 0) is 19.7 Å². The van der Waals surface area contributed by atoms with Crippen molar-refractivity contribution in [3.63, 3.8) is 0 Å². The first-order valence-corrected chi connectivity index (χ1v) is 14.4. The minimum Gasteiger partial charge on any atom is -0.466 e. The van der Waals surface area contributed by atoms with Crippen LogP contribution in [0.15, 0.2) is 42.6 Å². The lowest BCUT2D eigenvalue weighted by atomic mass is 9.62. The van der Waals surface area contributed by atoms with Gasteiger partial charge in [-0.3, -0.25) is 4.79 Å². The van der Waals surface area contributed by atoms with Crippen LogP contribution in [0.2, 0.25) is 0 Å². The van der Waals surface area contributed by atoms with Gasteiger partial charge in [0.15, 0.2) is 0 Å². The van der Waals surface area contributed by atoms with Gasteiger partial charge in [0, 0.05) is 23.1 Å². The molecule has 0 radical (unpaired) electrons. The maximum Gasteiger partial charge on any atom is 0.308 e. The number of carbonyl (C=O) groups excluding carboxylic acids is 1. The van der Waals surface area contributed by atoms with Gasteiger partial charge >= 0.3 is 5.97 Å². The summed E-state index contributed by atoms with van der Waals surface area (Å²) >= 11 is 1.63. The molecular weight excluding hydrogens is 484 g/mol. The summed E-state index contributed by atoms with van der Waals surface area (Å²) in [5.74, 6) is 1.24. The molecule has 2 aliphatic carbocycles. The Morgan fingerprint density at radius 1 is 1.08 bits per heavy atom. The van der Waals surface area contributed by atoms with E-state index in [1.807, 2.05) is 19.2 Å². The Kier molecular flexibility index (Phi) is 6.71. The van der Waals surface area contributed by atoms with Crippen LogP contribution in [0.25, 0.3) is 11.1 Å². The van der Waals surface area contributed by atoms with E-state index in [1.165, 1.54) is 24.8 Å². The van der Waals surface area contributed by atoms with Crippen molar-refractivity contribution in [1.29, 1.82) is 0 Å². The van der Waals surface area contributed by atoms with Gasteiger partial charge in [0.2, 0.25) is 5.13 Å². The number of aromatic nitrogens is 3. The van der Waals surface area contributed by atoms with E-state index in [2.05, 4.69) is 50.8 Å². The molecule has 3 aromatic rings. The highest BCUT2D eigenvalue weighted by Crippen LogP contribution is 2.51. The van der Waals surface area contributed by atoms with Crippen molar-refractivity contribution in [3.05, 3.63) is 53.2 Å². The Labute approximate surface area is 222 Å². The summed E-state index contributed by atoms with van der Waals surface area (Å²) in [5.41, 5.74) is 3.25. The number of ether oxygens (including phenoxy) is 2. The number of esters is 1. The first-order chi connectivity index (χ1) is 18.1. The second-order valence-electron chi connectivity index (χ2n) is 10.9. The van der Waals surface area contributed by atoms with Gasteiger partial charge in [0.25, 0.3) is 0 Å². The van der Waals surface area contributed by atoms with E-state index in [4.69, 9.17) is 9.47 Å². The number of hydrogen-bond donors (Lipinski definition) is 1. The summed E-state index contributed by atoms with van der Waals surface area (Å²) < 4.78 is 11.7. The van der Waals surface area contributed by atoms with Crippen LogP contribution in [-0.4, -0.2) is 40.0 Å². The molecule has 1 N–H and O–H groups in total. The number of anilines is 2. The van der Waals surface area contributed by atoms with Gasteiger partial charge in [-0.25, -0.2) is 4.98 Å². The van der Waals surface area contributed by atoms with Crippen LogP contribution in [0.1, 0.15) is 81.2 Å². The molecule has 4 fully saturated rings. The van der Waals surface area contributed by atoms with Crippen LogP contribution in [0, 0.1) is 0 Å². The van der Waals surface area contributed by atoms with E-state index in [0.717, 1.165) is 59.2 Å². The quantitative estimate of drug-likeness (QED) is 0.322. The molecule has 0 amide bonds. The van der Waals surface area contributed by atoms with Crippen LogP contribution in [0.4, 0.5) is 10.9 Å². The lowest BCUT2D eigenvalue weighted by Crippen LogP contribution is -2.54. The largest absolute Gasteiger partial charge is 0.466 e. The van der Waals surface area contributed by atoms with Crippen LogP contribution in [0.3, 0.4) is 0 Å². The highest BCUT2D eigenvalue weighted by molar-refractivity contribution is 7.15. The SMILES string of the molecule is CCCOC(=O)CC12CCC(c3ccc(-c4ccc(Nc5nnc(C6CCC6)s5)nc4)cc3)(CC1)CO2. The van der Waals surface area contributed by atoms with Crippen molar-refractivity contribution in [2.24, 2.45) is 0 Å². The number of nitrogens with zero attached hydrogens (tertiary/aromatic N) is 3. The third kappa shape index (κ3) is 5.01. The summed E-state index contributed by atoms with van der Waals surface area (Å²) in [4.78, 5) is 16.8. The number of benzene rings is 1. The molecule has 0 atom stereocenters. The maximum atomic E-state index is 12.2. The number of hydrogen-bond acceptors (Lipinski definition) is 8. The lowest BCUT2D eigenvalue weighted by Gasteiger charge is -2.53. The van der Waals surface area contributed by atoms with Crippen LogP contribution in [0.5, 0.6) is 0 Å². The zero-order chi connectivity index (χ0) is 25.3. The monoisotopic (exact) mass is 518 g/mol.